The summed E-state index contributed by atoms with van der Waals surface area (Å²) in [6.07, 6.45) is 0. The Hall–Kier alpha value is -0.860. The Bertz CT molecular complexity index is 398. The molecule has 12 heavy (non-hydrogen) atoms. The molecule has 0 radical (unpaired) electrons. The van der Waals surface area contributed by atoms with E-state index >= 15 is 0 Å². The van der Waals surface area contributed by atoms with Crippen LogP contribution in [-0.4, -0.2) is 11.0 Å². The number of Topliss-reactive ketones (excluding diaryl/α,β-unsaturated/α-hetero) is 1. The number of hydrogen-bond donors (Lipinski definition) is 0. The Morgan fingerprint density at radius 2 is 2.00 bits per heavy atom. The first kappa shape index (κ1) is 7.77. The number of rotatable bonds is 0. The van der Waals surface area contributed by atoms with Crippen LogP contribution in [0.4, 0.5) is 5.69 Å². The standard InChI is InChI=1S/C8H3Cl2NO/c9-4-2-1-3-5-6(4)7(12)8(10)11-5/h1-3H. The molecule has 1 aromatic rings. The predicted molar refractivity (Wildman–Crippen MR) is 48.7 cm³/mol. The van der Waals surface area contributed by atoms with Crippen molar-refractivity contribution in [1.29, 1.82) is 0 Å². The van der Waals surface area contributed by atoms with Crippen LogP contribution >= 0.6 is 23.2 Å². The molecule has 2 rings (SSSR count). The van der Waals surface area contributed by atoms with Crippen LogP contribution < -0.4 is 0 Å². The van der Waals surface area contributed by atoms with E-state index in [9.17, 15) is 4.79 Å². The van der Waals surface area contributed by atoms with Crippen LogP contribution in [0, 0.1) is 0 Å². The van der Waals surface area contributed by atoms with E-state index in [4.69, 9.17) is 23.2 Å². The third kappa shape index (κ3) is 0.958. The van der Waals surface area contributed by atoms with Gasteiger partial charge in [0.1, 0.15) is 0 Å². The minimum absolute atomic E-state index is 0.0156. The molecule has 0 fully saturated rings. The van der Waals surface area contributed by atoms with Gasteiger partial charge in [0.05, 0.1) is 16.3 Å². The van der Waals surface area contributed by atoms with Gasteiger partial charge in [-0.25, -0.2) is 4.99 Å². The summed E-state index contributed by atoms with van der Waals surface area (Å²) in [5.41, 5.74) is 0.960. The van der Waals surface area contributed by atoms with E-state index in [-0.39, 0.29) is 11.0 Å². The van der Waals surface area contributed by atoms with Crippen molar-refractivity contribution in [3.63, 3.8) is 0 Å². The number of ketones is 1. The molecule has 1 aromatic carbocycles. The fourth-order valence-corrected chi connectivity index (χ4v) is 1.53. The van der Waals surface area contributed by atoms with Gasteiger partial charge in [0.15, 0.2) is 5.17 Å². The third-order valence-corrected chi connectivity index (χ3v) is 2.20. The summed E-state index contributed by atoms with van der Waals surface area (Å²) in [5.74, 6) is -0.294. The molecule has 1 aliphatic rings. The van der Waals surface area contributed by atoms with E-state index in [0.29, 0.717) is 16.3 Å². The minimum Gasteiger partial charge on any atom is -0.286 e. The highest BCUT2D eigenvalue weighted by molar-refractivity contribution is 6.86. The monoisotopic (exact) mass is 199 g/mol. The molecule has 1 aliphatic heterocycles. The maximum atomic E-state index is 11.3. The van der Waals surface area contributed by atoms with E-state index in [0.717, 1.165) is 0 Å². The van der Waals surface area contributed by atoms with Crippen LogP contribution in [0.15, 0.2) is 23.2 Å². The van der Waals surface area contributed by atoms with Gasteiger partial charge >= 0.3 is 0 Å². The van der Waals surface area contributed by atoms with E-state index in [1.54, 1.807) is 18.2 Å². The molecule has 0 unspecified atom stereocenters. The fraction of sp³-hybridized carbons (Fsp3) is 0. The highest BCUT2D eigenvalue weighted by Gasteiger charge is 2.25. The number of benzene rings is 1. The highest BCUT2D eigenvalue weighted by atomic mass is 35.5. The number of aliphatic imine (C=N–C) groups is 1. The topological polar surface area (TPSA) is 29.4 Å². The molecule has 0 amide bonds. The third-order valence-electron chi connectivity index (χ3n) is 1.62. The maximum absolute atomic E-state index is 11.3. The first-order chi connectivity index (χ1) is 5.70. The molecule has 0 N–H and O–H groups in total. The van der Waals surface area contributed by atoms with Gasteiger partial charge in [-0.05, 0) is 12.1 Å². The quantitative estimate of drug-likeness (QED) is 0.632. The normalized spacial score (nSPS) is 14.5. The second-order valence-electron chi connectivity index (χ2n) is 2.37. The van der Waals surface area contributed by atoms with Crippen LogP contribution in [0.25, 0.3) is 0 Å². The number of nitrogens with zero attached hydrogens (tertiary/aromatic N) is 1. The first-order valence-corrected chi connectivity index (χ1v) is 4.03. The van der Waals surface area contributed by atoms with Crippen molar-refractivity contribution in [1.82, 2.24) is 0 Å². The van der Waals surface area contributed by atoms with Gasteiger partial charge in [-0.2, -0.15) is 0 Å². The zero-order valence-corrected chi connectivity index (χ0v) is 7.36. The second-order valence-corrected chi connectivity index (χ2v) is 3.13. The number of fused-ring (bicyclic) bond motifs is 1. The average molecular weight is 200 g/mol. The Kier molecular flexibility index (Phi) is 1.67. The van der Waals surface area contributed by atoms with Crippen molar-refractivity contribution in [2.45, 2.75) is 0 Å². The van der Waals surface area contributed by atoms with Gasteiger partial charge in [-0.3, -0.25) is 4.79 Å². The summed E-state index contributed by atoms with van der Waals surface area (Å²) in [6, 6.07) is 5.07. The molecule has 0 atom stereocenters. The Labute approximate surface area is 78.8 Å². The van der Waals surface area contributed by atoms with Crippen molar-refractivity contribution in [2.75, 3.05) is 0 Å². The van der Waals surface area contributed by atoms with E-state index in [1.807, 2.05) is 0 Å². The zero-order chi connectivity index (χ0) is 8.72. The summed E-state index contributed by atoms with van der Waals surface area (Å²) in [4.78, 5) is 15.1. The lowest BCUT2D eigenvalue weighted by Crippen LogP contribution is -2.01. The van der Waals surface area contributed by atoms with Crippen LogP contribution in [0.1, 0.15) is 10.4 Å². The molecule has 0 spiro atoms. The maximum Gasteiger partial charge on any atom is 0.226 e. The van der Waals surface area contributed by atoms with E-state index in [2.05, 4.69) is 4.99 Å². The molecule has 0 aliphatic carbocycles. The highest BCUT2D eigenvalue weighted by Crippen LogP contribution is 2.32. The molecule has 4 heteroatoms. The predicted octanol–water partition coefficient (Wildman–Crippen LogP) is 2.81. The summed E-state index contributed by atoms with van der Waals surface area (Å²) in [7, 11) is 0. The minimum atomic E-state index is -0.294. The zero-order valence-electron chi connectivity index (χ0n) is 5.84. The summed E-state index contributed by atoms with van der Waals surface area (Å²) in [6.45, 7) is 0. The van der Waals surface area contributed by atoms with Crippen LogP contribution in [-0.2, 0) is 0 Å². The van der Waals surface area contributed by atoms with Crippen molar-refractivity contribution in [2.24, 2.45) is 4.99 Å². The average Bonchev–Trinajstić information content (AvgIpc) is 2.29. The molecule has 0 saturated carbocycles. The van der Waals surface area contributed by atoms with E-state index in [1.165, 1.54) is 0 Å². The van der Waals surface area contributed by atoms with Gasteiger partial charge in [0.2, 0.25) is 5.78 Å². The molecule has 2 nitrogen and oxygen atoms in total. The number of carbonyl (C=O) groups is 1. The molecule has 1 heterocycles. The fourth-order valence-electron chi connectivity index (χ4n) is 1.09. The molecule has 0 saturated heterocycles. The lowest BCUT2D eigenvalue weighted by Gasteiger charge is -1.96. The largest absolute Gasteiger partial charge is 0.286 e. The van der Waals surface area contributed by atoms with Gasteiger partial charge < -0.3 is 0 Å². The Morgan fingerprint density at radius 1 is 1.25 bits per heavy atom. The molecular formula is C8H3Cl2NO. The molecule has 0 aromatic heterocycles. The lowest BCUT2D eigenvalue weighted by molar-refractivity contribution is 0.107. The van der Waals surface area contributed by atoms with Gasteiger partial charge in [0, 0.05) is 0 Å². The number of hydrogen-bond acceptors (Lipinski definition) is 2. The van der Waals surface area contributed by atoms with Crippen LogP contribution in [0.5, 0.6) is 0 Å². The van der Waals surface area contributed by atoms with Gasteiger partial charge in [-0.1, -0.05) is 29.3 Å². The van der Waals surface area contributed by atoms with Crippen LogP contribution in [0.3, 0.4) is 0 Å². The number of carbonyl (C=O) groups excluding carboxylic acids is 1. The Morgan fingerprint density at radius 3 is 2.67 bits per heavy atom. The summed E-state index contributed by atoms with van der Waals surface area (Å²) in [5, 5.41) is 0.384. The molecule has 0 bridgehead atoms. The van der Waals surface area contributed by atoms with Crippen molar-refractivity contribution >= 4 is 39.8 Å². The van der Waals surface area contributed by atoms with Crippen molar-refractivity contribution < 1.29 is 4.79 Å². The number of halogens is 2. The van der Waals surface area contributed by atoms with Crippen LogP contribution in [0.2, 0.25) is 5.02 Å². The Balaban J connectivity index is 2.72. The van der Waals surface area contributed by atoms with E-state index < -0.39 is 0 Å². The summed E-state index contributed by atoms with van der Waals surface area (Å²) < 4.78 is 0. The first-order valence-electron chi connectivity index (χ1n) is 3.27. The molecular weight excluding hydrogens is 197 g/mol. The van der Waals surface area contributed by atoms with Gasteiger partial charge in [0.25, 0.3) is 0 Å². The van der Waals surface area contributed by atoms with Gasteiger partial charge in [-0.15, -0.1) is 0 Å². The molecule has 60 valence electrons. The second kappa shape index (κ2) is 2.57. The van der Waals surface area contributed by atoms with Crippen molar-refractivity contribution in [3.8, 4) is 0 Å². The lowest BCUT2D eigenvalue weighted by atomic mass is 10.1. The SMILES string of the molecule is O=C1C(Cl)=Nc2cccc(Cl)c21. The smallest absolute Gasteiger partial charge is 0.226 e. The summed E-state index contributed by atoms with van der Waals surface area (Å²) >= 11 is 11.3. The van der Waals surface area contributed by atoms with Crippen molar-refractivity contribution in [3.05, 3.63) is 28.8 Å².